The summed E-state index contributed by atoms with van der Waals surface area (Å²) in [6, 6.07) is 11.2. The Morgan fingerprint density at radius 3 is 2.74 bits per heavy atom. The Hall–Kier alpha value is -3.27. The van der Waals surface area contributed by atoms with E-state index in [2.05, 4.69) is 10.3 Å². The molecular formula is C24H22ClN5O3S. The molecule has 34 heavy (non-hydrogen) atoms. The molecule has 0 bridgehead atoms. The van der Waals surface area contributed by atoms with Gasteiger partial charge in [-0.05, 0) is 42.8 Å². The molecule has 0 radical (unpaired) electrons. The highest BCUT2D eigenvalue weighted by Crippen LogP contribution is 2.27. The van der Waals surface area contributed by atoms with Crippen molar-refractivity contribution in [1.82, 2.24) is 14.9 Å². The molecule has 1 fully saturated rings. The molecule has 2 aromatic heterocycles. The molecule has 1 atom stereocenters. The van der Waals surface area contributed by atoms with Crippen molar-refractivity contribution in [2.24, 2.45) is 4.99 Å². The molecule has 3 aromatic rings. The van der Waals surface area contributed by atoms with Crippen molar-refractivity contribution in [1.29, 1.82) is 0 Å². The molecule has 1 unspecified atom stereocenters. The lowest BCUT2D eigenvalue weighted by Gasteiger charge is -2.27. The van der Waals surface area contributed by atoms with E-state index < -0.39 is 0 Å². The highest BCUT2D eigenvalue weighted by Gasteiger charge is 2.22. The van der Waals surface area contributed by atoms with Gasteiger partial charge in [0.15, 0.2) is 0 Å². The molecule has 2 aliphatic heterocycles. The van der Waals surface area contributed by atoms with E-state index >= 15 is 0 Å². The normalized spacial score (nSPS) is 17.9. The summed E-state index contributed by atoms with van der Waals surface area (Å²) in [5.74, 6) is 0.704. The summed E-state index contributed by atoms with van der Waals surface area (Å²) in [5.41, 5.74) is 2.50. The van der Waals surface area contributed by atoms with Crippen LogP contribution in [-0.2, 0) is 16.1 Å². The number of thiophene rings is 1. The van der Waals surface area contributed by atoms with Gasteiger partial charge in [-0.3, -0.25) is 14.6 Å². The van der Waals surface area contributed by atoms with Gasteiger partial charge in [-0.2, -0.15) is 0 Å². The van der Waals surface area contributed by atoms with Crippen molar-refractivity contribution in [3.63, 3.8) is 0 Å². The average Bonchev–Trinajstić information content (AvgIpc) is 3.50. The molecule has 174 valence electrons. The number of allylic oxidation sites excluding steroid dienone is 1. The number of nitrogens with one attached hydrogen (secondary N) is 1. The molecule has 0 spiro atoms. The zero-order valence-corrected chi connectivity index (χ0v) is 19.8. The molecule has 4 heterocycles. The van der Waals surface area contributed by atoms with Gasteiger partial charge in [-0.25, -0.2) is 4.98 Å². The number of hydrogen-bond donors (Lipinski definition) is 1. The molecular weight excluding hydrogens is 474 g/mol. The number of benzene rings is 1. The number of anilines is 1. The number of carbonyl (C=O) groups excluding carboxylic acids is 2. The van der Waals surface area contributed by atoms with E-state index in [0.29, 0.717) is 28.9 Å². The zero-order chi connectivity index (χ0) is 23.5. The molecule has 10 heteroatoms. The molecule has 1 N–H and O–H groups in total. The molecule has 2 aliphatic rings. The smallest absolute Gasteiger partial charge is 0.261 e. The van der Waals surface area contributed by atoms with Crippen molar-refractivity contribution in [3.05, 3.63) is 75.6 Å². The second-order valence-electron chi connectivity index (χ2n) is 7.88. The van der Waals surface area contributed by atoms with Crippen LogP contribution in [0.1, 0.15) is 33.5 Å². The lowest BCUT2D eigenvalue weighted by atomic mass is 10.0. The van der Waals surface area contributed by atoms with Crippen molar-refractivity contribution in [2.45, 2.75) is 18.9 Å². The third-order valence-electron chi connectivity index (χ3n) is 5.64. The van der Waals surface area contributed by atoms with E-state index in [-0.39, 0.29) is 24.3 Å². The van der Waals surface area contributed by atoms with Crippen molar-refractivity contribution in [2.75, 3.05) is 24.7 Å². The van der Waals surface area contributed by atoms with Crippen LogP contribution in [0.15, 0.2) is 59.9 Å². The quantitative estimate of drug-likeness (QED) is 0.560. The van der Waals surface area contributed by atoms with Gasteiger partial charge in [0, 0.05) is 42.4 Å². The highest BCUT2D eigenvalue weighted by molar-refractivity contribution is 7.18. The summed E-state index contributed by atoms with van der Waals surface area (Å²) in [6.45, 7) is 1.47. The van der Waals surface area contributed by atoms with Crippen LogP contribution in [0.25, 0.3) is 5.69 Å². The van der Waals surface area contributed by atoms with Gasteiger partial charge in [0.25, 0.3) is 11.8 Å². The number of morpholine rings is 1. The van der Waals surface area contributed by atoms with E-state index in [0.717, 1.165) is 29.3 Å². The van der Waals surface area contributed by atoms with Gasteiger partial charge in [0.2, 0.25) is 0 Å². The molecule has 5 rings (SSSR count). The molecule has 0 aliphatic carbocycles. The van der Waals surface area contributed by atoms with Crippen LogP contribution in [-0.4, -0.2) is 47.3 Å². The summed E-state index contributed by atoms with van der Waals surface area (Å²) < 4.78 is 7.83. The lowest BCUT2D eigenvalue weighted by Crippen LogP contribution is -2.41. The van der Waals surface area contributed by atoms with Crippen LogP contribution >= 0.6 is 22.9 Å². The van der Waals surface area contributed by atoms with Gasteiger partial charge in [0.1, 0.15) is 12.4 Å². The Kier molecular flexibility index (Phi) is 6.57. The Morgan fingerprint density at radius 1 is 1.21 bits per heavy atom. The summed E-state index contributed by atoms with van der Waals surface area (Å²) in [5, 5.41) is 2.92. The first kappa shape index (κ1) is 22.5. The Morgan fingerprint density at radius 2 is 2.03 bits per heavy atom. The fraction of sp³-hybridized carbons (Fsp3) is 0.250. The number of ether oxygens (including phenoxy) is 1. The molecule has 1 saturated heterocycles. The standard InChI is InChI=1S/C24H22ClN5O3S/c25-21-6-5-20(34-21)24(32)27-13-17-14-30(23(28-17)16-7-9-26-10-8-16)19-3-1-18(2-4-19)29-11-12-33-15-22(29)31/h1-7,9-10,14,16H,8,11-13,15H2,(H,27,32). The minimum Gasteiger partial charge on any atom is -0.370 e. The predicted molar refractivity (Wildman–Crippen MR) is 132 cm³/mol. The second kappa shape index (κ2) is 9.92. The van der Waals surface area contributed by atoms with Crippen molar-refractivity contribution >= 4 is 46.7 Å². The monoisotopic (exact) mass is 495 g/mol. The summed E-state index contributed by atoms with van der Waals surface area (Å²) >= 11 is 7.19. The lowest BCUT2D eigenvalue weighted by molar-refractivity contribution is -0.125. The van der Waals surface area contributed by atoms with Gasteiger partial charge in [-0.15, -0.1) is 11.3 Å². The van der Waals surface area contributed by atoms with Gasteiger partial charge in [0.05, 0.1) is 28.1 Å². The Balaban J connectivity index is 1.39. The highest BCUT2D eigenvalue weighted by atomic mass is 35.5. The Bertz CT molecular complexity index is 1260. The van der Waals surface area contributed by atoms with E-state index in [9.17, 15) is 9.59 Å². The number of carbonyl (C=O) groups is 2. The van der Waals surface area contributed by atoms with Crippen LogP contribution in [0.2, 0.25) is 4.34 Å². The van der Waals surface area contributed by atoms with Gasteiger partial charge in [-0.1, -0.05) is 17.7 Å². The summed E-state index contributed by atoms with van der Waals surface area (Å²) in [6.07, 6.45) is 8.36. The van der Waals surface area contributed by atoms with Gasteiger partial charge >= 0.3 is 0 Å². The van der Waals surface area contributed by atoms with Crippen LogP contribution < -0.4 is 10.2 Å². The maximum atomic E-state index is 12.4. The number of nitrogens with zero attached hydrogens (tertiary/aromatic N) is 4. The average molecular weight is 496 g/mol. The molecule has 0 saturated carbocycles. The van der Waals surface area contributed by atoms with E-state index in [1.54, 1.807) is 23.2 Å². The SMILES string of the molecule is O=C(NCc1cn(-c2ccc(N3CCOCC3=O)cc2)c(C2C=CN=CC2)n1)c1ccc(Cl)s1. The third-order valence-corrected chi connectivity index (χ3v) is 6.87. The topological polar surface area (TPSA) is 88.8 Å². The maximum Gasteiger partial charge on any atom is 0.261 e. The number of imidazole rings is 1. The van der Waals surface area contributed by atoms with Crippen molar-refractivity contribution in [3.8, 4) is 5.69 Å². The van der Waals surface area contributed by atoms with Gasteiger partial charge < -0.3 is 19.5 Å². The fourth-order valence-electron chi connectivity index (χ4n) is 3.94. The van der Waals surface area contributed by atoms with Crippen LogP contribution in [0.3, 0.4) is 0 Å². The number of halogens is 1. The zero-order valence-electron chi connectivity index (χ0n) is 18.2. The molecule has 8 nitrogen and oxygen atoms in total. The van der Waals surface area contributed by atoms with Crippen LogP contribution in [0.5, 0.6) is 0 Å². The number of hydrogen-bond acceptors (Lipinski definition) is 6. The summed E-state index contributed by atoms with van der Waals surface area (Å²) in [4.78, 5) is 35.9. The summed E-state index contributed by atoms with van der Waals surface area (Å²) in [7, 11) is 0. The van der Waals surface area contributed by atoms with E-state index in [4.69, 9.17) is 21.3 Å². The second-order valence-corrected chi connectivity index (χ2v) is 9.59. The number of rotatable bonds is 6. The third kappa shape index (κ3) is 4.82. The first-order valence-electron chi connectivity index (χ1n) is 10.9. The van der Waals surface area contributed by atoms with Crippen molar-refractivity contribution < 1.29 is 14.3 Å². The molecule has 2 amide bonds. The number of aliphatic imine (C=N–C) groups is 1. The minimum absolute atomic E-state index is 0.0426. The van der Waals surface area contributed by atoms with E-state index in [1.807, 2.05) is 47.3 Å². The number of amides is 2. The fourth-order valence-corrected chi connectivity index (χ4v) is 4.90. The maximum absolute atomic E-state index is 12.4. The van der Waals surface area contributed by atoms with Crippen LogP contribution in [0, 0.1) is 0 Å². The number of aromatic nitrogens is 2. The predicted octanol–water partition coefficient (Wildman–Crippen LogP) is 3.95. The first-order chi connectivity index (χ1) is 16.6. The minimum atomic E-state index is -0.183. The molecule has 1 aromatic carbocycles. The Labute approximate surface area is 205 Å². The van der Waals surface area contributed by atoms with Crippen LogP contribution in [0.4, 0.5) is 5.69 Å². The largest absolute Gasteiger partial charge is 0.370 e. The van der Waals surface area contributed by atoms with E-state index in [1.165, 1.54) is 11.3 Å². The first-order valence-corrected chi connectivity index (χ1v) is 12.1.